The topological polar surface area (TPSA) is 52.2 Å². The molecule has 0 amide bonds. The Morgan fingerprint density at radius 3 is 2.54 bits per heavy atom. The molecule has 0 bridgehead atoms. The van der Waals surface area contributed by atoms with Gasteiger partial charge in [0.15, 0.2) is 5.96 Å². The summed E-state index contributed by atoms with van der Waals surface area (Å²) in [7, 11) is 1.81. The number of rotatable bonds is 6. The van der Waals surface area contributed by atoms with E-state index in [1.54, 1.807) is 0 Å². The number of halogens is 1. The maximum Gasteiger partial charge on any atom is 0.191 e. The minimum Gasteiger partial charge on any atom is -0.357 e. The Balaban J connectivity index is 0.00000243. The van der Waals surface area contributed by atoms with Crippen molar-refractivity contribution in [1.29, 1.82) is 0 Å². The third kappa shape index (κ3) is 5.76. The van der Waals surface area contributed by atoms with Crippen molar-refractivity contribution in [3.63, 3.8) is 0 Å². The van der Waals surface area contributed by atoms with E-state index in [0.29, 0.717) is 6.04 Å². The van der Waals surface area contributed by atoms with Crippen molar-refractivity contribution in [2.24, 2.45) is 4.99 Å². The number of aromatic nitrogens is 1. The fourth-order valence-electron chi connectivity index (χ4n) is 2.94. The number of aromatic amines is 1. The first kappa shape index (κ1) is 20.3. The Bertz CT molecular complexity index is 793. The van der Waals surface area contributed by atoms with Crippen LogP contribution < -0.4 is 10.6 Å². The second kappa shape index (κ2) is 10.2. The van der Waals surface area contributed by atoms with E-state index >= 15 is 0 Å². The Morgan fingerprint density at radius 1 is 1.08 bits per heavy atom. The average molecular weight is 462 g/mol. The fraction of sp³-hybridized carbons (Fsp3) is 0.286. The van der Waals surface area contributed by atoms with Crippen LogP contribution in [0, 0.1) is 0 Å². The summed E-state index contributed by atoms with van der Waals surface area (Å²) in [4.78, 5) is 7.76. The lowest BCUT2D eigenvalue weighted by Gasteiger charge is -2.17. The van der Waals surface area contributed by atoms with Gasteiger partial charge in [0.25, 0.3) is 0 Å². The number of H-pyrrole nitrogens is 1. The standard InChI is InChI=1S/C21H26N4.HI/c1-16(12-13-17-8-4-3-5-9-17)24-21(22-2)23-15-19-14-18-10-6-7-11-20(18)25-19;/h3-11,14,16,25H,12-13,15H2,1-2H3,(H2,22,23,24);1H. The van der Waals surface area contributed by atoms with E-state index in [4.69, 9.17) is 0 Å². The van der Waals surface area contributed by atoms with E-state index in [-0.39, 0.29) is 24.0 Å². The lowest BCUT2D eigenvalue weighted by Crippen LogP contribution is -2.42. The zero-order valence-corrected chi connectivity index (χ0v) is 17.7. The lowest BCUT2D eigenvalue weighted by molar-refractivity contribution is 0.592. The predicted octanol–water partition coefficient (Wildman–Crippen LogP) is 4.47. The van der Waals surface area contributed by atoms with Gasteiger partial charge in [-0.25, -0.2) is 0 Å². The van der Waals surface area contributed by atoms with Crippen molar-refractivity contribution in [2.75, 3.05) is 7.05 Å². The Morgan fingerprint density at radius 2 is 1.81 bits per heavy atom. The van der Waals surface area contributed by atoms with Gasteiger partial charge in [-0.15, -0.1) is 24.0 Å². The molecule has 1 aromatic heterocycles. The van der Waals surface area contributed by atoms with Gasteiger partial charge in [-0.1, -0.05) is 48.5 Å². The number of benzene rings is 2. The molecule has 0 aliphatic carbocycles. The molecule has 1 atom stereocenters. The number of nitrogens with one attached hydrogen (secondary N) is 3. The fourth-order valence-corrected chi connectivity index (χ4v) is 2.94. The first-order chi connectivity index (χ1) is 12.2. The molecule has 0 fully saturated rings. The molecule has 3 aromatic rings. The summed E-state index contributed by atoms with van der Waals surface area (Å²) in [5.74, 6) is 0.833. The minimum atomic E-state index is 0. The maximum absolute atomic E-state index is 4.33. The van der Waals surface area contributed by atoms with Crippen LogP contribution >= 0.6 is 24.0 Å². The molecule has 138 valence electrons. The first-order valence-electron chi connectivity index (χ1n) is 8.82. The van der Waals surface area contributed by atoms with Crippen LogP contribution in [0.15, 0.2) is 65.7 Å². The van der Waals surface area contributed by atoms with Gasteiger partial charge in [0.2, 0.25) is 0 Å². The Labute approximate surface area is 172 Å². The molecule has 5 heteroatoms. The van der Waals surface area contributed by atoms with Crippen LogP contribution in [0.1, 0.15) is 24.6 Å². The molecule has 3 N–H and O–H groups in total. The summed E-state index contributed by atoms with van der Waals surface area (Å²) in [6.07, 6.45) is 2.13. The van der Waals surface area contributed by atoms with Crippen LogP contribution in [0.3, 0.4) is 0 Å². The summed E-state index contributed by atoms with van der Waals surface area (Å²) in [5, 5.41) is 8.08. The van der Waals surface area contributed by atoms with Gasteiger partial charge in [-0.3, -0.25) is 4.99 Å². The van der Waals surface area contributed by atoms with Crippen molar-refractivity contribution in [2.45, 2.75) is 32.4 Å². The number of hydrogen-bond acceptors (Lipinski definition) is 1. The Hall–Kier alpha value is -2.02. The van der Waals surface area contributed by atoms with Crippen molar-refractivity contribution < 1.29 is 0 Å². The van der Waals surface area contributed by atoms with Gasteiger partial charge in [0.05, 0.1) is 6.54 Å². The molecule has 1 unspecified atom stereocenters. The van der Waals surface area contributed by atoms with E-state index in [1.807, 2.05) is 13.1 Å². The third-order valence-corrected chi connectivity index (χ3v) is 4.35. The average Bonchev–Trinajstić information content (AvgIpc) is 3.07. The second-order valence-corrected chi connectivity index (χ2v) is 6.38. The van der Waals surface area contributed by atoms with Crippen molar-refractivity contribution in [3.8, 4) is 0 Å². The molecule has 0 spiro atoms. The quantitative estimate of drug-likeness (QED) is 0.288. The van der Waals surface area contributed by atoms with Crippen LogP contribution in [0.25, 0.3) is 10.9 Å². The smallest absolute Gasteiger partial charge is 0.191 e. The van der Waals surface area contributed by atoms with E-state index < -0.39 is 0 Å². The molecular formula is C21H27IN4. The van der Waals surface area contributed by atoms with Gasteiger partial charge in [0.1, 0.15) is 0 Å². The summed E-state index contributed by atoms with van der Waals surface area (Å²) in [5.41, 5.74) is 3.69. The normalized spacial score (nSPS) is 12.5. The number of aryl methyl sites for hydroxylation is 1. The summed E-state index contributed by atoms with van der Waals surface area (Å²) in [6.45, 7) is 2.92. The second-order valence-electron chi connectivity index (χ2n) is 6.38. The summed E-state index contributed by atoms with van der Waals surface area (Å²) >= 11 is 0. The molecule has 26 heavy (non-hydrogen) atoms. The van der Waals surface area contributed by atoms with Crippen molar-refractivity contribution in [3.05, 3.63) is 71.9 Å². The summed E-state index contributed by atoms with van der Waals surface area (Å²) < 4.78 is 0. The SMILES string of the molecule is CN=C(NCc1cc2ccccc2[nH]1)NC(C)CCc1ccccc1.I. The molecule has 0 saturated carbocycles. The number of guanidine groups is 1. The van der Waals surface area contributed by atoms with Gasteiger partial charge in [-0.2, -0.15) is 0 Å². The molecule has 1 heterocycles. The van der Waals surface area contributed by atoms with E-state index in [1.165, 1.54) is 16.5 Å². The zero-order chi connectivity index (χ0) is 17.5. The van der Waals surface area contributed by atoms with E-state index in [2.05, 4.69) is 82.1 Å². The van der Waals surface area contributed by atoms with Crippen LogP contribution in [0.2, 0.25) is 0 Å². The molecule has 0 radical (unpaired) electrons. The molecule has 0 aliphatic heterocycles. The van der Waals surface area contributed by atoms with Crippen molar-refractivity contribution in [1.82, 2.24) is 15.6 Å². The highest BCUT2D eigenvalue weighted by atomic mass is 127. The first-order valence-corrected chi connectivity index (χ1v) is 8.82. The molecule has 4 nitrogen and oxygen atoms in total. The molecule has 2 aromatic carbocycles. The van der Waals surface area contributed by atoms with Gasteiger partial charge >= 0.3 is 0 Å². The third-order valence-electron chi connectivity index (χ3n) is 4.35. The Kier molecular flexibility index (Phi) is 7.97. The summed E-state index contributed by atoms with van der Waals surface area (Å²) in [6, 6.07) is 21.4. The molecule has 0 saturated heterocycles. The van der Waals surface area contributed by atoms with E-state index in [9.17, 15) is 0 Å². The highest BCUT2D eigenvalue weighted by Gasteiger charge is 2.06. The predicted molar refractivity (Wildman–Crippen MR) is 121 cm³/mol. The monoisotopic (exact) mass is 462 g/mol. The number of fused-ring (bicyclic) bond motifs is 1. The maximum atomic E-state index is 4.33. The van der Waals surface area contributed by atoms with Crippen molar-refractivity contribution >= 4 is 40.8 Å². The van der Waals surface area contributed by atoms with Gasteiger partial charge < -0.3 is 15.6 Å². The lowest BCUT2D eigenvalue weighted by atomic mass is 10.1. The number of para-hydroxylation sites is 1. The van der Waals surface area contributed by atoms with E-state index in [0.717, 1.165) is 31.0 Å². The van der Waals surface area contributed by atoms with Crippen LogP contribution in [0.4, 0.5) is 0 Å². The highest BCUT2D eigenvalue weighted by molar-refractivity contribution is 14.0. The highest BCUT2D eigenvalue weighted by Crippen LogP contribution is 2.14. The molecule has 0 aliphatic rings. The van der Waals surface area contributed by atoms with Crippen LogP contribution in [0.5, 0.6) is 0 Å². The van der Waals surface area contributed by atoms with Crippen LogP contribution in [-0.4, -0.2) is 24.0 Å². The largest absolute Gasteiger partial charge is 0.357 e. The number of nitrogens with zero attached hydrogens (tertiary/aromatic N) is 1. The van der Waals surface area contributed by atoms with Gasteiger partial charge in [-0.05, 0) is 42.8 Å². The molecule has 3 rings (SSSR count). The number of aliphatic imine (C=N–C) groups is 1. The number of hydrogen-bond donors (Lipinski definition) is 3. The van der Waals surface area contributed by atoms with Gasteiger partial charge in [0, 0.05) is 24.3 Å². The zero-order valence-electron chi connectivity index (χ0n) is 15.3. The minimum absolute atomic E-state index is 0. The van der Waals surface area contributed by atoms with Crippen LogP contribution in [-0.2, 0) is 13.0 Å². The molecular weight excluding hydrogens is 435 g/mol.